The number of benzene rings is 1. The molecule has 0 bridgehead atoms. The first-order valence-electron chi connectivity index (χ1n) is 6.66. The maximum atomic E-state index is 8.57. The Balaban J connectivity index is 2.35. The Morgan fingerprint density at radius 2 is 1.95 bits per heavy atom. The van der Waals surface area contributed by atoms with Crippen molar-refractivity contribution in [3.05, 3.63) is 29.8 Å². The average Bonchev–Trinajstić information content (AvgIpc) is 2.36. The minimum Gasteiger partial charge on any atom is -0.491 e. The third kappa shape index (κ3) is 7.82. The van der Waals surface area contributed by atoms with Gasteiger partial charge in [-0.2, -0.15) is 0 Å². The van der Waals surface area contributed by atoms with E-state index in [1.54, 1.807) is 0 Å². The molecule has 0 heterocycles. The Bertz CT molecular complexity index is 361. The highest BCUT2D eigenvalue weighted by Gasteiger charge is 2.08. The van der Waals surface area contributed by atoms with Gasteiger partial charge in [0.25, 0.3) is 0 Å². The molecule has 0 aliphatic rings. The molecule has 0 amide bonds. The monoisotopic (exact) mass is 267 g/mol. The molecular formula is C15H25NO3. The van der Waals surface area contributed by atoms with E-state index in [1.165, 1.54) is 5.56 Å². The quantitative estimate of drug-likeness (QED) is 0.707. The molecule has 1 aromatic carbocycles. The normalized spacial score (nSPS) is 11.6. The van der Waals surface area contributed by atoms with Gasteiger partial charge in [-0.1, -0.05) is 12.1 Å². The third-order valence-electron chi connectivity index (χ3n) is 2.45. The van der Waals surface area contributed by atoms with Crippen molar-refractivity contribution in [3.63, 3.8) is 0 Å². The minimum absolute atomic E-state index is 0.0496. The topological polar surface area (TPSA) is 50.7 Å². The van der Waals surface area contributed by atoms with Gasteiger partial charge in [-0.05, 0) is 38.5 Å². The van der Waals surface area contributed by atoms with Crippen LogP contribution >= 0.6 is 0 Å². The van der Waals surface area contributed by atoms with Crippen molar-refractivity contribution in [2.75, 3.05) is 26.4 Å². The van der Waals surface area contributed by atoms with Gasteiger partial charge >= 0.3 is 0 Å². The fraction of sp³-hybridized carbons (Fsp3) is 0.600. The van der Waals surface area contributed by atoms with Gasteiger partial charge in [0.1, 0.15) is 12.4 Å². The zero-order chi connectivity index (χ0) is 14.1. The zero-order valence-electron chi connectivity index (χ0n) is 12.1. The molecular weight excluding hydrogens is 242 g/mol. The Morgan fingerprint density at radius 3 is 2.63 bits per heavy atom. The summed E-state index contributed by atoms with van der Waals surface area (Å²) in [7, 11) is 0. The van der Waals surface area contributed by atoms with Crippen LogP contribution < -0.4 is 10.1 Å². The van der Waals surface area contributed by atoms with Crippen LogP contribution in [0.5, 0.6) is 5.75 Å². The highest BCUT2D eigenvalue weighted by Crippen LogP contribution is 2.14. The first-order chi connectivity index (χ1) is 9.01. The molecule has 4 heteroatoms. The second kappa shape index (κ2) is 8.15. The molecule has 0 saturated carbocycles. The number of ether oxygens (including phenoxy) is 2. The number of rotatable bonds is 8. The lowest BCUT2D eigenvalue weighted by atomic mass is 10.1. The van der Waals surface area contributed by atoms with Gasteiger partial charge in [0.2, 0.25) is 0 Å². The van der Waals surface area contributed by atoms with Crippen LogP contribution in [0.3, 0.4) is 0 Å². The lowest BCUT2D eigenvalue weighted by Crippen LogP contribution is -2.35. The molecule has 0 radical (unpaired) electrons. The molecule has 1 rings (SSSR count). The summed E-state index contributed by atoms with van der Waals surface area (Å²) >= 11 is 0. The van der Waals surface area contributed by atoms with Crippen molar-refractivity contribution in [1.82, 2.24) is 5.32 Å². The van der Waals surface area contributed by atoms with E-state index in [9.17, 15) is 0 Å². The van der Waals surface area contributed by atoms with Crippen molar-refractivity contribution in [2.45, 2.75) is 32.9 Å². The summed E-state index contributed by atoms with van der Waals surface area (Å²) < 4.78 is 10.7. The molecule has 0 unspecified atom stereocenters. The van der Waals surface area contributed by atoms with Crippen molar-refractivity contribution in [1.29, 1.82) is 0 Å². The highest BCUT2D eigenvalue weighted by molar-refractivity contribution is 5.28. The van der Waals surface area contributed by atoms with E-state index in [1.807, 2.05) is 18.2 Å². The number of hydrogen-bond donors (Lipinski definition) is 2. The molecule has 0 atom stereocenters. The average molecular weight is 267 g/mol. The summed E-state index contributed by atoms with van der Waals surface area (Å²) in [6.45, 7) is 8.65. The van der Waals surface area contributed by atoms with Crippen molar-refractivity contribution >= 4 is 0 Å². The lowest BCUT2D eigenvalue weighted by Gasteiger charge is -2.20. The van der Waals surface area contributed by atoms with Gasteiger partial charge < -0.3 is 19.9 Å². The largest absolute Gasteiger partial charge is 0.491 e. The second-order valence-electron chi connectivity index (χ2n) is 5.44. The molecule has 0 aromatic heterocycles. The fourth-order valence-corrected chi connectivity index (χ4v) is 1.50. The molecule has 19 heavy (non-hydrogen) atoms. The van der Waals surface area contributed by atoms with Crippen molar-refractivity contribution in [3.8, 4) is 5.75 Å². The van der Waals surface area contributed by atoms with Gasteiger partial charge in [-0.3, -0.25) is 0 Å². The van der Waals surface area contributed by atoms with E-state index in [4.69, 9.17) is 14.6 Å². The summed E-state index contributed by atoms with van der Waals surface area (Å²) in [5, 5.41) is 12.0. The maximum absolute atomic E-state index is 8.57. The van der Waals surface area contributed by atoms with Crippen LogP contribution in [0.2, 0.25) is 0 Å². The van der Waals surface area contributed by atoms with Gasteiger partial charge in [0.05, 0.1) is 19.8 Å². The molecule has 0 saturated heterocycles. The Hall–Kier alpha value is -1.10. The predicted molar refractivity (Wildman–Crippen MR) is 76.4 cm³/mol. The van der Waals surface area contributed by atoms with Crippen LogP contribution in [0.15, 0.2) is 24.3 Å². The summed E-state index contributed by atoms with van der Waals surface area (Å²) in [5.41, 5.74) is 1.30. The fourth-order valence-electron chi connectivity index (χ4n) is 1.50. The van der Waals surface area contributed by atoms with Crippen molar-refractivity contribution in [2.24, 2.45) is 0 Å². The lowest BCUT2D eigenvalue weighted by molar-refractivity contribution is 0.0705. The van der Waals surface area contributed by atoms with Crippen LogP contribution in [0, 0.1) is 0 Å². The first kappa shape index (κ1) is 16.0. The summed E-state index contributed by atoms with van der Waals surface area (Å²) in [4.78, 5) is 0. The van der Waals surface area contributed by atoms with Gasteiger partial charge in [0.15, 0.2) is 0 Å². The molecule has 0 aliphatic carbocycles. The Kier molecular flexibility index (Phi) is 6.84. The van der Waals surface area contributed by atoms with E-state index in [-0.39, 0.29) is 12.1 Å². The first-order valence-corrected chi connectivity index (χ1v) is 6.66. The summed E-state index contributed by atoms with van der Waals surface area (Å²) in [5.74, 6) is 0.848. The predicted octanol–water partition coefficient (Wildman–Crippen LogP) is 1.96. The SMILES string of the molecule is CC(C)(C)NCc1cccc(OCCOCCO)c1. The maximum Gasteiger partial charge on any atom is 0.119 e. The van der Waals surface area contributed by atoms with E-state index < -0.39 is 0 Å². The van der Waals surface area contributed by atoms with Gasteiger partial charge in [-0.25, -0.2) is 0 Å². The molecule has 0 fully saturated rings. The molecule has 108 valence electrons. The number of nitrogens with one attached hydrogen (secondary N) is 1. The van der Waals surface area contributed by atoms with Crippen LogP contribution in [0.1, 0.15) is 26.3 Å². The molecule has 0 spiro atoms. The zero-order valence-corrected chi connectivity index (χ0v) is 12.1. The summed E-state index contributed by atoms with van der Waals surface area (Å²) in [6, 6.07) is 8.04. The molecule has 0 aliphatic heterocycles. The van der Waals surface area contributed by atoms with E-state index in [0.717, 1.165) is 12.3 Å². The van der Waals surface area contributed by atoms with Crippen LogP contribution in [-0.2, 0) is 11.3 Å². The summed E-state index contributed by atoms with van der Waals surface area (Å²) in [6.07, 6.45) is 0. The second-order valence-corrected chi connectivity index (χ2v) is 5.44. The van der Waals surface area contributed by atoms with Crippen LogP contribution in [0.4, 0.5) is 0 Å². The molecule has 4 nitrogen and oxygen atoms in total. The van der Waals surface area contributed by atoms with Gasteiger partial charge in [0, 0.05) is 12.1 Å². The number of aliphatic hydroxyl groups excluding tert-OH is 1. The third-order valence-corrected chi connectivity index (χ3v) is 2.45. The van der Waals surface area contributed by atoms with Gasteiger partial charge in [-0.15, -0.1) is 0 Å². The van der Waals surface area contributed by atoms with E-state index in [2.05, 4.69) is 32.2 Å². The van der Waals surface area contributed by atoms with E-state index in [0.29, 0.717) is 19.8 Å². The Morgan fingerprint density at radius 1 is 1.16 bits per heavy atom. The number of hydrogen-bond acceptors (Lipinski definition) is 4. The standard InChI is InChI=1S/C15H25NO3/c1-15(2,3)16-12-13-5-4-6-14(11-13)19-10-9-18-8-7-17/h4-6,11,16-17H,7-10,12H2,1-3H3. The Labute approximate surface area is 115 Å². The highest BCUT2D eigenvalue weighted by atomic mass is 16.5. The number of aliphatic hydroxyl groups is 1. The molecule has 2 N–H and O–H groups in total. The van der Waals surface area contributed by atoms with Crippen molar-refractivity contribution < 1.29 is 14.6 Å². The minimum atomic E-state index is 0.0496. The van der Waals surface area contributed by atoms with E-state index >= 15 is 0 Å². The smallest absolute Gasteiger partial charge is 0.119 e. The van der Waals surface area contributed by atoms with Crippen LogP contribution in [-0.4, -0.2) is 37.1 Å². The van der Waals surface area contributed by atoms with Crippen LogP contribution in [0.25, 0.3) is 0 Å². The molecule has 1 aromatic rings.